The molecule has 3 atom stereocenters. The van der Waals surface area contributed by atoms with E-state index in [9.17, 15) is 14.4 Å². The molecule has 206 valence electrons. The summed E-state index contributed by atoms with van der Waals surface area (Å²) < 4.78 is 10.6. The first-order chi connectivity index (χ1) is 17.8. The van der Waals surface area contributed by atoms with Crippen LogP contribution in [-0.2, 0) is 4.79 Å². The summed E-state index contributed by atoms with van der Waals surface area (Å²) in [6, 6.07) is 4.00. The van der Waals surface area contributed by atoms with Gasteiger partial charge in [-0.05, 0) is 37.8 Å². The van der Waals surface area contributed by atoms with Crippen LogP contribution in [0.5, 0.6) is 11.5 Å². The third-order valence-corrected chi connectivity index (χ3v) is 7.56. The van der Waals surface area contributed by atoms with Crippen molar-refractivity contribution in [2.45, 2.75) is 77.4 Å². The minimum atomic E-state index is -0.691. The van der Waals surface area contributed by atoms with E-state index in [4.69, 9.17) is 9.47 Å². The molecule has 3 N–H and O–H groups in total. The fraction of sp³-hybridized carbons (Fsp3) is 0.667. The second kappa shape index (κ2) is 13.4. The lowest BCUT2D eigenvalue weighted by Gasteiger charge is -2.42. The number of carbonyl (C=O) groups excluding carboxylic acids is 3. The van der Waals surface area contributed by atoms with Crippen LogP contribution in [0.3, 0.4) is 0 Å². The summed E-state index contributed by atoms with van der Waals surface area (Å²) in [6.07, 6.45) is 6.34. The fourth-order valence-electron chi connectivity index (χ4n) is 5.05. The van der Waals surface area contributed by atoms with E-state index in [-0.39, 0.29) is 29.9 Å². The predicted octanol–water partition coefficient (Wildman–Crippen LogP) is 3.82. The molecule has 10 heteroatoms. The van der Waals surface area contributed by atoms with Crippen LogP contribution in [0.25, 0.3) is 0 Å². The Bertz CT molecular complexity index is 936. The SMILES string of the molecule is CCC(C)C(NC(=O)Nc1ccc(OC)cc1OC)C(=O)N1CCN(C(=O)NC2CCCCC2)C(C)C1. The zero-order valence-electron chi connectivity index (χ0n) is 22.8. The van der Waals surface area contributed by atoms with Crippen molar-refractivity contribution in [1.82, 2.24) is 20.4 Å². The summed E-state index contributed by atoms with van der Waals surface area (Å²) >= 11 is 0. The first-order valence-corrected chi connectivity index (χ1v) is 13.4. The number of benzene rings is 1. The number of ether oxygens (including phenoxy) is 2. The summed E-state index contributed by atoms with van der Waals surface area (Å²) in [6.45, 7) is 7.24. The second-order valence-electron chi connectivity index (χ2n) is 10.1. The number of amides is 5. The molecule has 1 saturated carbocycles. The summed E-state index contributed by atoms with van der Waals surface area (Å²) in [4.78, 5) is 42.9. The van der Waals surface area contributed by atoms with Crippen molar-refractivity contribution in [2.75, 3.05) is 39.2 Å². The number of nitrogens with one attached hydrogen (secondary N) is 3. The van der Waals surface area contributed by atoms with E-state index in [2.05, 4.69) is 16.0 Å². The van der Waals surface area contributed by atoms with Gasteiger partial charge in [0, 0.05) is 37.8 Å². The molecule has 1 heterocycles. The van der Waals surface area contributed by atoms with Gasteiger partial charge in [0.25, 0.3) is 0 Å². The van der Waals surface area contributed by atoms with E-state index in [0.717, 1.165) is 32.1 Å². The number of urea groups is 2. The number of piperazine rings is 1. The number of carbonyl (C=O) groups is 3. The number of hydrogen-bond donors (Lipinski definition) is 3. The van der Waals surface area contributed by atoms with Crippen molar-refractivity contribution >= 4 is 23.7 Å². The van der Waals surface area contributed by atoms with Crippen LogP contribution < -0.4 is 25.4 Å². The van der Waals surface area contributed by atoms with Crippen LogP contribution >= 0.6 is 0 Å². The molecule has 1 aliphatic carbocycles. The Balaban J connectivity index is 1.60. The molecule has 0 radical (unpaired) electrons. The average molecular weight is 518 g/mol. The van der Waals surface area contributed by atoms with E-state index in [1.165, 1.54) is 13.5 Å². The van der Waals surface area contributed by atoms with Gasteiger partial charge in [-0.1, -0.05) is 39.5 Å². The van der Waals surface area contributed by atoms with Crippen molar-refractivity contribution in [3.05, 3.63) is 18.2 Å². The molecule has 5 amide bonds. The third kappa shape index (κ3) is 7.42. The summed E-state index contributed by atoms with van der Waals surface area (Å²) in [7, 11) is 3.07. The van der Waals surface area contributed by atoms with Crippen molar-refractivity contribution in [2.24, 2.45) is 5.92 Å². The normalized spacial score (nSPS) is 20.0. The molecule has 0 spiro atoms. The molecular weight excluding hydrogens is 474 g/mol. The van der Waals surface area contributed by atoms with Gasteiger partial charge in [0.15, 0.2) is 0 Å². The highest BCUT2D eigenvalue weighted by atomic mass is 16.5. The molecule has 1 aromatic carbocycles. The summed E-state index contributed by atoms with van der Waals surface area (Å²) in [5.41, 5.74) is 0.474. The molecule has 1 aliphatic heterocycles. The molecule has 2 fully saturated rings. The molecule has 10 nitrogen and oxygen atoms in total. The quantitative estimate of drug-likeness (QED) is 0.485. The maximum absolute atomic E-state index is 13.6. The van der Waals surface area contributed by atoms with Gasteiger partial charge in [0.2, 0.25) is 5.91 Å². The topological polar surface area (TPSA) is 112 Å². The van der Waals surface area contributed by atoms with E-state index < -0.39 is 12.1 Å². The van der Waals surface area contributed by atoms with Gasteiger partial charge in [-0.25, -0.2) is 9.59 Å². The summed E-state index contributed by atoms with van der Waals surface area (Å²) in [5, 5.41) is 8.84. The highest BCUT2D eigenvalue weighted by Gasteiger charge is 2.35. The first-order valence-electron chi connectivity index (χ1n) is 13.4. The molecule has 2 aliphatic rings. The largest absolute Gasteiger partial charge is 0.497 e. The molecular formula is C27H43N5O5. The first kappa shape index (κ1) is 28.4. The van der Waals surface area contributed by atoms with Crippen molar-refractivity contribution < 1.29 is 23.9 Å². The molecule has 3 unspecified atom stereocenters. The number of anilines is 1. The average Bonchev–Trinajstić information content (AvgIpc) is 2.91. The lowest BCUT2D eigenvalue weighted by atomic mass is 9.95. The molecule has 3 rings (SSSR count). The van der Waals surface area contributed by atoms with Gasteiger partial charge >= 0.3 is 12.1 Å². The number of rotatable bonds is 8. The van der Waals surface area contributed by atoms with Crippen molar-refractivity contribution in [3.63, 3.8) is 0 Å². The minimum absolute atomic E-state index is 0.0454. The van der Waals surface area contributed by atoms with Gasteiger partial charge in [0.05, 0.1) is 19.9 Å². The van der Waals surface area contributed by atoms with E-state index in [0.29, 0.717) is 36.8 Å². The number of nitrogens with zero attached hydrogens (tertiary/aromatic N) is 2. The van der Waals surface area contributed by atoms with Crippen LogP contribution in [0.1, 0.15) is 59.3 Å². The van der Waals surface area contributed by atoms with Crippen LogP contribution in [0.4, 0.5) is 15.3 Å². The standard InChI is InChI=1S/C27H43N5O5/c1-6-18(2)24(30-26(34)29-22-13-12-21(36-4)16-23(22)37-5)25(33)31-14-15-32(19(3)17-31)27(35)28-20-10-8-7-9-11-20/h12-13,16,18-20,24H,6-11,14-15,17H2,1-5H3,(H,28,35)(H2,29,30,34). The monoisotopic (exact) mass is 517 g/mol. The van der Waals surface area contributed by atoms with Crippen LogP contribution in [0.15, 0.2) is 18.2 Å². The Kier molecular flexibility index (Phi) is 10.3. The molecule has 1 aromatic rings. The number of hydrogen-bond acceptors (Lipinski definition) is 5. The fourth-order valence-corrected chi connectivity index (χ4v) is 5.05. The Labute approximate surface area is 220 Å². The minimum Gasteiger partial charge on any atom is -0.497 e. The Morgan fingerprint density at radius 1 is 1.08 bits per heavy atom. The van der Waals surface area contributed by atoms with E-state index >= 15 is 0 Å². The highest BCUT2D eigenvalue weighted by Crippen LogP contribution is 2.29. The van der Waals surface area contributed by atoms with Gasteiger partial charge in [-0.3, -0.25) is 4.79 Å². The zero-order valence-corrected chi connectivity index (χ0v) is 22.8. The maximum atomic E-state index is 13.6. The van der Waals surface area contributed by atoms with Crippen LogP contribution in [0.2, 0.25) is 0 Å². The lowest BCUT2D eigenvalue weighted by Crippen LogP contribution is -2.62. The third-order valence-electron chi connectivity index (χ3n) is 7.56. The Morgan fingerprint density at radius 3 is 2.43 bits per heavy atom. The number of methoxy groups -OCH3 is 2. The molecule has 0 aromatic heterocycles. The van der Waals surface area contributed by atoms with Gasteiger partial charge < -0.3 is 35.2 Å². The van der Waals surface area contributed by atoms with Crippen molar-refractivity contribution in [1.29, 1.82) is 0 Å². The van der Waals surface area contributed by atoms with Gasteiger partial charge in [0.1, 0.15) is 17.5 Å². The van der Waals surface area contributed by atoms with Gasteiger partial charge in [-0.15, -0.1) is 0 Å². The van der Waals surface area contributed by atoms with Crippen LogP contribution in [-0.4, -0.2) is 79.7 Å². The zero-order chi connectivity index (χ0) is 26.9. The van der Waals surface area contributed by atoms with Crippen LogP contribution in [0, 0.1) is 5.92 Å². The predicted molar refractivity (Wildman–Crippen MR) is 143 cm³/mol. The Morgan fingerprint density at radius 2 is 1.81 bits per heavy atom. The van der Waals surface area contributed by atoms with Gasteiger partial charge in [-0.2, -0.15) is 0 Å². The molecule has 1 saturated heterocycles. The van der Waals surface area contributed by atoms with Crippen molar-refractivity contribution in [3.8, 4) is 11.5 Å². The van der Waals surface area contributed by atoms with E-state index in [1.54, 1.807) is 30.2 Å². The summed E-state index contributed by atoms with van der Waals surface area (Å²) in [5.74, 6) is 0.859. The lowest BCUT2D eigenvalue weighted by molar-refractivity contribution is -0.136. The second-order valence-corrected chi connectivity index (χ2v) is 10.1. The van der Waals surface area contributed by atoms with E-state index in [1.807, 2.05) is 25.7 Å². The smallest absolute Gasteiger partial charge is 0.320 e. The molecule has 0 bridgehead atoms. The Hall–Kier alpha value is -3.17. The maximum Gasteiger partial charge on any atom is 0.320 e. The highest BCUT2D eigenvalue weighted by molar-refractivity contribution is 5.95. The molecule has 37 heavy (non-hydrogen) atoms.